The predicted octanol–water partition coefficient (Wildman–Crippen LogP) is 2.24. The van der Waals surface area contributed by atoms with E-state index >= 15 is 0 Å². The van der Waals surface area contributed by atoms with Crippen molar-refractivity contribution in [1.29, 1.82) is 5.26 Å². The maximum absolute atomic E-state index is 11.7. The Hall–Kier alpha value is -1.87. The summed E-state index contributed by atoms with van der Waals surface area (Å²) in [6, 6.07) is 7.98. The van der Waals surface area contributed by atoms with E-state index in [-0.39, 0.29) is 16.5 Å². The summed E-state index contributed by atoms with van der Waals surface area (Å²) in [5.41, 5.74) is 0.975. The number of rotatable bonds is 4. The Bertz CT molecular complexity index is 581. The number of oxime groups is 1. The molecule has 0 aromatic heterocycles. The standard InChI is InChI=1S/C12H14N2O3S/c1-9(2)12(8-13)14-17-18(15,16)11-6-4-10(3)5-7-11/h4-7,9H,1-3H3/b14-12+. The first kappa shape index (κ1) is 14.2. The van der Waals surface area contributed by atoms with Crippen LogP contribution in [0.4, 0.5) is 0 Å². The molecule has 0 N–H and O–H groups in total. The van der Waals surface area contributed by atoms with E-state index in [2.05, 4.69) is 9.44 Å². The van der Waals surface area contributed by atoms with E-state index in [1.54, 1.807) is 32.0 Å². The summed E-state index contributed by atoms with van der Waals surface area (Å²) >= 11 is 0. The van der Waals surface area contributed by atoms with E-state index in [0.29, 0.717) is 0 Å². The Morgan fingerprint density at radius 2 is 1.89 bits per heavy atom. The fourth-order valence-electron chi connectivity index (χ4n) is 1.09. The first-order valence-electron chi connectivity index (χ1n) is 5.35. The van der Waals surface area contributed by atoms with Gasteiger partial charge in [-0.15, -0.1) is 0 Å². The normalized spacial score (nSPS) is 12.3. The maximum Gasteiger partial charge on any atom is 0.358 e. The highest BCUT2D eigenvalue weighted by molar-refractivity contribution is 7.86. The minimum Gasteiger partial charge on any atom is -0.264 e. The fraction of sp³-hybridized carbons (Fsp3) is 0.333. The van der Waals surface area contributed by atoms with Crippen LogP contribution in [-0.2, 0) is 14.4 Å². The molecule has 1 rings (SSSR count). The molecule has 18 heavy (non-hydrogen) atoms. The van der Waals surface area contributed by atoms with Gasteiger partial charge >= 0.3 is 10.1 Å². The zero-order valence-electron chi connectivity index (χ0n) is 10.4. The van der Waals surface area contributed by atoms with Gasteiger partial charge in [-0.1, -0.05) is 36.7 Å². The molecule has 1 aromatic carbocycles. The third kappa shape index (κ3) is 3.57. The molecule has 0 saturated carbocycles. The van der Waals surface area contributed by atoms with Gasteiger partial charge in [0.25, 0.3) is 0 Å². The average Bonchev–Trinajstić information content (AvgIpc) is 2.29. The Morgan fingerprint density at radius 3 is 2.33 bits per heavy atom. The summed E-state index contributed by atoms with van der Waals surface area (Å²) in [7, 11) is -3.95. The maximum atomic E-state index is 11.7. The van der Waals surface area contributed by atoms with Gasteiger partial charge in [-0.2, -0.15) is 13.7 Å². The van der Waals surface area contributed by atoms with Gasteiger partial charge in [-0.25, -0.2) is 0 Å². The van der Waals surface area contributed by atoms with Gasteiger partial charge in [-0.05, 0) is 19.1 Å². The second kappa shape index (κ2) is 5.65. The Balaban J connectivity index is 2.97. The average molecular weight is 266 g/mol. The van der Waals surface area contributed by atoms with Gasteiger partial charge in [0.1, 0.15) is 11.0 Å². The van der Waals surface area contributed by atoms with Crippen molar-refractivity contribution < 1.29 is 12.7 Å². The lowest BCUT2D eigenvalue weighted by atomic mass is 10.1. The van der Waals surface area contributed by atoms with Crippen LogP contribution in [0.2, 0.25) is 0 Å². The molecule has 5 nitrogen and oxygen atoms in total. The Kier molecular flexibility index (Phi) is 4.45. The second-order valence-electron chi connectivity index (χ2n) is 4.08. The molecule has 0 spiro atoms. The van der Waals surface area contributed by atoms with Gasteiger partial charge in [0, 0.05) is 5.92 Å². The first-order valence-corrected chi connectivity index (χ1v) is 6.76. The molecule has 1 aromatic rings. The Labute approximate surface area is 107 Å². The van der Waals surface area contributed by atoms with Crippen LogP contribution in [0.5, 0.6) is 0 Å². The lowest BCUT2D eigenvalue weighted by molar-refractivity contribution is 0.337. The number of nitrogens with zero attached hydrogens (tertiary/aromatic N) is 2. The molecular weight excluding hydrogens is 252 g/mol. The molecule has 0 aliphatic carbocycles. The first-order chi connectivity index (χ1) is 8.36. The third-order valence-electron chi connectivity index (χ3n) is 2.20. The summed E-state index contributed by atoms with van der Waals surface area (Å²) in [5, 5.41) is 12.1. The van der Waals surface area contributed by atoms with E-state index in [4.69, 9.17) is 5.26 Å². The van der Waals surface area contributed by atoms with Crippen molar-refractivity contribution in [3.63, 3.8) is 0 Å². The minimum atomic E-state index is -3.95. The fourth-order valence-corrected chi connectivity index (χ4v) is 1.83. The van der Waals surface area contributed by atoms with Crippen molar-refractivity contribution in [2.75, 3.05) is 0 Å². The number of hydrogen-bond donors (Lipinski definition) is 0. The highest BCUT2D eigenvalue weighted by Crippen LogP contribution is 2.14. The molecule has 0 fully saturated rings. The van der Waals surface area contributed by atoms with Gasteiger partial charge < -0.3 is 0 Å². The predicted molar refractivity (Wildman–Crippen MR) is 67.3 cm³/mol. The molecule has 0 unspecified atom stereocenters. The zero-order chi connectivity index (χ0) is 13.8. The molecule has 96 valence electrons. The Morgan fingerprint density at radius 1 is 1.33 bits per heavy atom. The highest BCUT2D eigenvalue weighted by atomic mass is 32.2. The largest absolute Gasteiger partial charge is 0.358 e. The van der Waals surface area contributed by atoms with Crippen molar-refractivity contribution in [3.8, 4) is 6.07 Å². The van der Waals surface area contributed by atoms with E-state index in [1.807, 2.05) is 6.92 Å². The molecule has 0 radical (unpaired) electrons. The number of aryl methyl sites for hydroxylation is 1. The molecule has 6 heteroatoms. The molecule has 0 aliphatic heterocycles. The summed E-state index contributed by atoms with van der Waals surface area (Å²) in [6.45, 7) is 5.30. The molecule has 0 aliphatic rings. The SMILES string of the molecule is Cc1ccc(S(=O)(=O)O/N=C(\C#N)C(C)C)cc1. The van der Waals surface area contributed by atoms with Crippen molar-refractivity contribution >= 4 is 15.8 Å². The van der Waals surface area contributed by atoms with Crippen LogP contribution in [0.15, 0.2) is 34.3 Å². The third-order valence-corrected chi connectivity index (χ3v) is 3.33. The lowest BCUT2D eigenvalue weighted by Crippen LogP contribution is -2.09. The minimum absolute atomic E-state index is 0.0119. The molecular formula is C12H14N2O3S. The van der Waals surface area contributed by atoms with Crippen molar-refractivity contribution in [3.05, 3.63) is 29.8 Å². The van der Waals surface area contributed by atoms with Gasteiger partial charge in [-0.3, -0.25) is 4.28 Å². The van der Waals surface area contributed by atoms with Crippen molar-refractivity contribution in [1.82, 2.24) is 0 Å². The van der Waals surface area contributed by atoms with E-state index < -0.39 is 10.1 Å². The number of benzene rings is 1. The van der Waals surface area contributed by atoms with Crippen LogP contribution in [0.1, 0.15) is 19.4 Å². The van der Waals surface area contributed by atoms with Crippen LogP contribution in [-0.4, -0.2) is 14.1 Å². The zero-order valence-corrected chi connectivity index (χ0v) is 11.2. The number of hydrogen-bond acceptors (Lipinski definition) is 5. The monoisotopic (exact) mass is 266 g/mol. The smallest absolute Gasteiger partial charge is 0.264 e. The van der Waals surface area contributed by atoms with Gasteiger partial charge in [0.05, 0.1) is 0 Å². The van der Waals surface area contributed by atoms with Crippen LogP contribution in [0.3, 0.4) is 0 Å². The van der Waals surface area contributed by atoms with Gasteiger partial charge in [0.15, 0.2) is 5.71 Å². The summed E-state index contributed by atoms with van der Waals surface area (Å²) in [6.07, 6.45) is 0. The molecule has 0 bridgehead atoms. The summed E-state index contributed by atoms with van der Waals surface area (Å²) in [5.74, 6) is -0.191. The molecule has 0 amide bonds. The topological polar surface area (TPSA) is 79.5 Å². The highest BCUT2D eigenvalue weighted by Gasteiger charge is 2.16. The van der Waals surface area contributed by atoms with E-state index in [1.165, 1.54) is 12.1 Å². The quantitative estimate of drug-likeness (QED) is 0.618. The summed E-state index contributed by atoms with van der Waals surface area (Å²) in [4.78, 5) is 0.0119. The van der Waals surface area contributed by atoms with Crippen LogP contribution in [0, 0.1) is 24.2 Å². The molecule has 0 heterocycles. The van der Waals surface area contributed by atoms with Crippen LogP contribution in [0.25, 0.3) is 0 Å². The van der Waals surface area contributed by atoms with Crippen LogP contribution >= 0.6 is 0 Å². The number of nitriles is 1. The second-order valence-corrected chi connectivity index (χ2v) is 5.61. The van der Waals surface area contributed by atoms with E-state index in [0.717, 1.165) is 5.56 Å². The van der Waals surface area contributed by atoms with Crippen molar-refractivity contribution in [2.45, 2.75) is 25.7 Å². The molecule has 0 saturated heterocycles. The van der Waals surface area contributed by atoms with Gasteiger partial charge in [0.2, 0.25) is 0 Å². The van der Waals surface area contributed by atoms with Crippen molar-refractivity contribution in [2.24, 2.45) is 11.1 Å². The van der Waals surface area contributed by atoms with Crippen LogP contribution < -0.4 is 0 Å². The summed E-state index contributed by atoms with van der Waals surface area (Å²) < 4.78 is 28.0. The lowest BCUT2D eigenvalue weighted by Gasteiger charge is -2.03. The van der Waals surface area contributed by atoms with E-state index in [9.17, 15) is 8.42 Å². The molecule has 0 atom stereocenters.